The highest BCUT2D eigenvalue weighted by Crippen LogP contribution is 2.36. The van der Waals surface area contributed by atoms with E-state index in [1.165, 1.54) is 12.8 Å². The van der Waals surface area contributed by atoms with Gasteiger partial charge in [-0.1, -0.05) is 19.3 Å². The molecule has 1 aliphatic carbocycles. The SMILES string of the molecule is O=S(=O)(CC1CCCC1)N1CCCC[C@H]1c1nccs1. The maximum Gasteiger partial charge on any atom is 0.215 e. The van der Waals surface area contributed by atoms with Crippen molar-refractivity contribution in [2.45, 2.75) is 51.0 Å². The first-order valence-corrected chi connectivity index (χ1v) is 10.0. The summed E-state index contributed by atoms with van der Waals surface area (Å²) in [6.45, 7) is 0.666. The molecule has 0 unspecified atom stereocenters. The highest BCUT2D eigenvalue weighted by Gasteiger charge is 2.36. The predicted octanol–water partition coefficient (Wildman–Crippen LogP) is 3.19. The summed E-state index contributed by atoms with van der Waals surface area (Å²) in [5.41, 5.74) is 0. The number of aromatic nitrogens is 1. The molecule has 1 aromatic heterocycles. The minimum Gasteiger partial charge on any atom is -0.248 e. The van der Waals surface area contributed by atoms with Crippen molar-refractivity contribution in [2.75, 3.05) is 12.3 Å². The number of nitrogens with zero attached hydrogens (tertiary/aromatic N) is 2. The van der Waals surface area contributed by atoms with Gasteiger partial charge in [-0.25, -0.2) is 13.4 Å². The zero-order chi connectivity index (χ0) is 14.0. The van der Waals surface area contributed by atoms with Gasteiger partial charge < -0.3 is 0 Å². The molecule has 2 aliphatic rings. The van der Waals surface area contributed by atoms with Crippen LogP contribution in [-0.2, 0) is 10.0 Å². The number of hydrogen-bond acceptors (Lipinski definition) is 4. The van der Waals surface area contributed by atoms with Crippen molar-refractivity contribution in [1.82, 2.24) is 9.29 Å². The summed E-state index contributed by atoms with van der Waals surface area (Å²) < 4.78 is 27.2. The number of thiazole rings is 1. The van der Waals surface area contributed by atoms with Crippen LogP contribution in [0, 0.1) is 5.92 Å². The van der Waals surface area contributed by atoms with Gasteiger partial charge in [0.05, 0.1) is 11.8 Å². The van der Waals surface area contributed by atoms with Crippen LogP contribution < -0.4 is 0 Å². The fraction of sp³-hybridized carbons (Fsp3) is 0.786. The fourth-order valence-electron chi connectivity index (χ4n) is 3.45. The van der Waals surface area contributed by atoms with E-state index in [9.17, 15) is 8.42 Å². The van der Waals surface area contributed by atoms with Crippen molar-refractivity contribution < 1.29 is 8.42 Å². The predicted molar refractivity (Wildman–Crippen MR) is 81.2 cm³/mol. The number of rotatable bonds is 4. The highest BCUT2D eigenvalue weighted by molar-refractivity contribution is 7.89. The quantitative estimate of drug-likeness (QED) is 0.857. The molecule has 112 valence electrons. The molecular weight excluding hydrogens is 292 g/mol. The van der Waals surface area contributed by atoms with Gasteiger partial charge in [0.15, 0.2) is 0 Å². The topological polar surface area (TPSA) is 50.3 Å². The Hall–Kier alpha value is -0.460. The first-order valence-electron chi connectivity index (χ1n) is 7.56. The van der Waals surface area contributed by atoms with E-state index in [0.717, 1.165) is 37.1 Å². The minimum absolute atomic E-state index is 0.0184. The summed E-state index contributed by atoms with van der Waals surface area (Å²) in [4.78, 5) is 4.35. The molecule has 1 aromatic rings. The van der Waals surface area contributed by atoms with Crippen LogP contribution >= 0.6 is 11.3 Å². The minimum atomic E-state index is -3.14. The smallest absolute Gasteiger partial charge is 0.215 e. The molecule has 1 atom stereocenters. The Morgan fingerprint density at radius 3 is 2.65 bits per heavy atom. The van der Waals surface area contributed by atoms with Crippen LogP contribution in [0.4, 0.5) is 0 Å². The lowest BCUT2D eigenvalue weighted by atomic mass is 10.1. The summed E-state index contributed by atoms with van der Waals surface area (Å²) >= 11 is 1.57. The zero-order valence-electron chi connectivity index (χ0n) is 11.7. The summed E-state index contributed by atoms with van der Waals surface area (Å²) in [6, 6.07) is -0.0184. The molecule has 2 heterocycles. The molecule has 3 rings (SSSR count). The zero-order valence-corrected chi connectivity index (χ0v) is 13.3. The van der Waals surface area contributed by atoms with Gasteiger partial charge in [-0.15, -0.1) is 11.3 Å². The lowest BCUT2D eigenvalue weighted by Gasteiger charge is -2.34. The van der Waals surface area contributed by atoms with Gasteiger partial charge in [0.25, 0.3) is 0 Å². The number of sulfonamides is 1. The van der Waals surface area contributed by atoms with E-state index in [1.54, 1.807) is 21.8 Å². The van der Waals surface area contributed by atoms with E-state index in [4.69, 9.17) is 0 Å². The lowest BCUT2D eigenvalue weighted by Crippen LogP contribution is -2.40. The molecule has 6 heteroatoms. The molecule has 0 radical (unpaired) electrons. The van der Waals surface area contributed by atoms with Gasteiger partial charge in [0.2, 0.25) is 10.0 Å². The average Bonchev–Trinajstić information content (AvgIpc) is 3.11. The highest BCUT2D eigenvalue weighted by atomic mass is 32.2. The maximum atomic E-state index is 12.7. The van der Waals surface area contributed by atoms with E-state index in [1.807, 2.05) is 5.38 Å². The molecule has 2 fully saturated rings. The van der Waals surface area contributed by atoms with Gasteiger partial charge >= 0.3 is 0 Å². The van der Waals surface area contributed by atoms with Gasteiger partial charge in [0.1, 0.15) is 5.01 Å². The second kappa shape index (κ2) is 6.12. The Bertz CT molecular complexity index is 521. The third kappa shape index (κ3) is 3.07. The third-order valence-electron chi connectivity index (χ3n) is 4.47. The van der Waals surface area contributed by atoms with Crippen molar-refractivity contribution >= 4 is 21.4 Å². The van der Waals surface area contributed by atoms with Crippen molar-refractivity contribution in [3.05, 3.63) is 16.6 Å². The Kier molecular flexibility index (Phi) is 4.43. The van der Waals surface area contributed by atoms with Crippen LogP contribution in [0.5, 0.6) is 0 Å². The van der Waals surface area contributed by atoms with Gasteiger partial charge in [-0.2, -0.15) is 4.31 Å². The standard InChI is InChI=1S/C14H22N2O2S2/c17-20(18,11-12-5-1-2-6-12)16-9-4-3-7-13(16)14-15-8-10-19-14/h8,10,12-13H,1-7,9,11H2/t13-/m0/s1. The molecule has 0 bridgehead atoms. The molecule has 0 amide bonds. The first-order chi connectivity index (χ1) is 9.67. The summed E-state index contributed by atoms with van der Waals surface area (Å²) in [7, 11) is -3.14. The Balaban J connectivity index is 1.78. The van der Waals surface area contributed by atoms with Crippen molar-refractivity contribution in [3.63, 3.8) is 0 Å². The Labute approximate surface area is 125 Å². The van der Waals surface area contributed by atoms with Gasteiger partial charge in [0, 0.05) is 18.1 Å². The number of piperidine rings is 1. The largest absolute Gasteiger partial charge is 0.248 e. The lowest BCUT2D eigenvalue weighted by molar-refractivity contribution is 0.254. The maximum absolute atomic E-state index is 12.7. The molecule has 4 nitrogen and oxygen atoms in total. The average molecular weight is 314 g/mol. The summed E-state index contributed by atoms with van der Waals surface area (Å²) in [5.74, 6) is 0.716. The van der Waals surface area contributed by atoms with Crippen LogP contribution in [0.1, 0.15) is 56.0 Å². The third-order valence-corrected chi connectivity index (χ3v) is 7.39. The van der Waals surface area contributed by atoms with E-state index in [0.29, 0.717) is 18.2 Å². The van der Waals surface area contributed by atoms with E-state index in [-0.39, 0.29) is 6.04 Å². The van der Waals surface area contributed by atoms with Crippen LogP contribution in [-0.4, -0.2) is 30.0 Å². The van der Waals surface area contributed by atoms with Crippen molar-refractivity contribution in [1.29, 1.82) is 0 Å². The van der Waals surface area contributed by atoms with E-state index in [2.05, 4.69) is 4.98 Å². The van der Waals surface area contributed by atoms with Crippen LogP contribution in [0.3, 0.4) is 0 Å². The number of hydrogen-bond donors (Lipinski definition) is 0. The molecule has 20 heavy (non-hydrogen) atoms. The Morgan fingerprint density at radius 1 is 1.20 bits per heavy atom. The summed E-state index contributed by atoms with van der Waals surface area (Å²) in [5, 5.41) is 2.89. The van der Waals surface area contributed by atoms with Crippen LogP contribution in [0.15, 0.2) is 11.6 Å². The molecule has 1 aliphatic heterocycles. The molecule has 1 saturated carbocycles. The van der Waals surface area contributed by atoms with Crippen LogP contribution in [0.2, 0.25) is 0 Å². The first kappa shape index (κ1) is 14.5. The van der Waals surface area contributed by atoms with Crippen molar-refractivity contribution in [3.8, 4) is 0 Å². The van der Waals surface area contributed by atoms with Gasteiger partial charge in [-0.05, 0) is 31.6 Å². The summed E-state index contributed by atoms with van der Waals surface area (Å²) in [6.07, 6.45) is 9.30. The second-order valence-electron chi connectivity index (χ2n) is 5.92. The van der Waals surface area contributed by atoms with E-state index < -0.39 is 10.0 Å². The van der Waals surface area contributed by atoms with Gasteiger partial charge in [-0.3, -0.25) is 0 Å². The van der Waals surface area contributed by atoms with Crippen molar-refractivity contribution in [2.24, 2.45) is 5.92 Å². The second-order valence-corrected chi connectivity index (χ2v) is 8.81. The molecular formula is C14H22N2O2S2. The normalized spacial score (nSPS) is 26.1. The fourth-order valence-corrected chi connectivity index (χ4v) is 6.43. The molecule has 0 aromatic carbocycles. The monoisotopic (exact) mass is 314 g/mol. The van der Waals surface area contributed by atoms with E-state index >= 15 is 0 Å². The molecule has 0 N–H and O–H groups in total. The van der Waals surface area contributed by atoms with Crippen LogP contribution in [0.25, 0.3) is 0 Å². The molecule has 0 spiro atoms. The molecule has 1 saturated heterocycles. The Morgan fingerprint density at radius 2 is 1.95 bits per heavy atom.